The SMILES string of the molecule is CC(C)(C)OCc1cccc(CN=C(N)NCCc2ccccn2)c1.I. The first-order chi connectivity index (χ1) is 11.9. The van der Waals surface area contributed by atoms with Gasteiger partial charge in [0, 0.05) is 24.9 Å². The van der Waals surface area contributed by atoms with Crippen molar-refractivity contribution in [1.29, 1.82) is 0 Å². The van der Waals surface area contributed by atoms with Crippen molar-refractivity contribution >= 4 is 29.9 Å². The molecule has 0 radical (unpaired) electrons. The summed E-state index contributed by atoms with van der Waals surface area (Å²) in [6, 6.07) is 14.1. The van der Waals surface area contributed by atoms with Crippen LogP contribution >= 0.6 is 24.0 Å². The standard InChI is InChI=1S/C20H28N4O.HI/c1-20(2,3)25-15-17-8-6-7-16(13-17)14-24-19(21)23-12-10-18-9-4-5-11-22-18;/h4-9,11,13H,10,12,14-15H2,1-3H3,(H3,21,23,24);1H. The molecule has 3 N–H and O–H groups in total. The van der Waals surface area contributed by atoms with Crippen LogP contribution in [0, 0.1) is 0 Å². The molecule has 0 unspecified atom stereocenters. The second-order valence-corrected chi connectivity index (χ2v) is 6.92. The lowest BCUT2D eigenvalue weighted by Gasteiger charge is -2.19. The van der Waals surface area contributed by atoms with Gasteiger partial charge >= 0.3 is 0 Å². The molecule has 1 heterocycles. The molecule has 0 bridgehead atoms. The maximum Gasteiger partial charge on any atom is 0.188 e. The highest BCUT2D eigenvalue weighted by molar-refractivity contribution is 14.0. The summed E-state index contributed by atoms with van der Waals surface area (Å²) in [6.07, 6.45) is 2.61. The van der Waals surface area contributed by atoms with Crippen LogP contribution in [0.4, 0.5) is 0 Å². The molecule has 1 aromatic carbocycles. The number of hydrogen-bond acceptors (Lipinski definition) is 3. The molecule has 0 saturated carbocycles. The molecule has 0 fully saturated rings. The number of hydrogen-bond donors (Lipinski definition) is 2. The molecule has 6 heteroatoms. The van der Waals surface area contributed by atoms with Gasteiger partial charge in [-0.25, -0.2) is 4.99 Å². The fourth-order valence-electron chi connectivity index (χ4n) is 2.21. The van der Waals surface area contributed by atoms with Gasteiger partial charge in [-0.2, -0.15) is 0 Å². The number of guanidine groups is 1. The van der Waals surface area contributed by atoms with Crippen LogP contribution in [0.15, 0.2) is 53.7 Å². The predicted molar refractivity (Wildman–Crippen MR) is 118 cm³/mol. The largest absolute Gasteiger partial charge is 0.371 e. The number of ether oxygens (including phenoxy) is 1. The first-order valence-corrected chi connectivity index (χ1v) is 8.58. The number of nitrogens with one attached hydrogen (secondary N) is 1. The van der Waals surface area contributed by atoms with Gasteiger partial charge in [-0.15, -0.1) is 24.0 Å². The van der Waals surface area contributed by atoms with Crippen molar-refractivity contribution in [2.45, 2.75) is 45.9 Å². The lowest BCUT2D eigenvalue weighted by Crippen LogP contribution is -2.33. The van der Waals surface area contributed by atoms with E-state index in [9.17, 15) is 0 Å². The number of aromatic nitrogens is 1. The summed E-state index contributed by atoms with van der Waals surface area (Å²) in [4.78, 5) is 8.68. The first-order valence-electron chi connectivity index (χ1n) is 8.58. The van der Waals surface area contributed by atoms with E-state index >= 15 is 0 Å². The van der Waals surface area contributed by atoms with Crippen molar-refractivity contribution in [2.24, 2.45) is 10.7 Å². The van der Waals surface area contributed by atoms with Crippen molar-refractivity contribution in [2.75, 3.05) is 6.54 Å². The van der Waals surface area contributed by atoms with Gasteiger partial charge in [0.05, 0.1) is 18.8 Å². The highest BCUT2D eigenvalue weighted by Crippen LogP contribution is 2.13. The van der Waals surface area contributed by atoms with Gasteiger partial charge in [0.1, 0.15) is 0 Å². The van der Waals surface area contributed by atoms with Gasteiger partial charge in [0.25, 0.3) is 0 Å². The van der Waals surface area contributed by atoms with Gasteiger partial charge in [-0.05, 0) is 44.0 Å². The molecule has 1 aromatic heterocycles. The quantitative estimate of drug-likeness (QED) is 0.370. The summed E-state index contributed by atoms with van der Waals surface area (Å²) in [5.41, 5.74) is 9.09. The third-order valence-electron chi connectivity index (χ3n) is 3.51. The number of rotatable bonds is 7. The number of halogens is 1. The lowest BCUT2D eigenvalue weighted by atomic mass is 10.1. The molecule has 0 aliphatic rings. The van der Waals surface area contributed by atoms with Gasteiger partial charge < -0.3 is 15.8 Å². The van der Waals surface area contributed by atoms with E-state index in [1.54, 1.807) is 6.20 Å². The Morgan fingerprint density at radius 1 is 1.15 bits per heavy atom. The molecule has 0 atom stereocenters. The average Bonchev–Trinajstić information content (AvgIpc) is 2.59. The van der Waals surface area contributed by atoms with Crippen LogP contribution in [0.3, 0.4) is 0 Å². The molecule has 2 aromatic rings. The minimum Gasteiger partial charge on any atom is -0.371 e. The Bertz CT molecular complexity index is 684. The van der Waals surface area contributed by atoms with Crippen molar-refractivity contribution in [3.63, 3.8) is 0 Å². The molecule has 0 aliphatic heterocycles. The van der Waals surface area contributed by atoms with Crippen molar-refractivity contribution in [3.05, 3.63) is 65.5 Å². The first kappa shape index (κ1) is 22.4. The molecule has 0 aliphatic carbocycles. The van der Waals surface area contributed by atoms with Gasteiger partial charge in [-0.3, -0.25) is 4.98 Å². The average molecular weight is 468 g/mol. The zero-order valence-corrected chi connectivity index (χ0v) is 18.1. The molecule has 0 saturated heterocycles. The van der Waals surface area contributed by atoms with E-state index in [0.717, 1.165) is 23.2 Å². The molecular formula is C20H29IN4O. The van der Waals surface area contributed by atoms with E-state index in [0.29, 0.717) is 25.7 Å². The lowest BCUT2D eigenvalue weighted by molar-refractivity contribution is -0.0149. The summed E-state index contributed by atoms with van der Waals surface area (Å²) in [6.45, 7) is 8.02. The maximum absolute atomic E-state index is 5.93. The highest BCUT2D eigenvalue weighted by Gasteiger charge is 2.10. The number of pyridine rings is 1. The molecule has 0 spiro atoms. The zero-order valence-electron chi connectivity index (χ0n) is 15.7. The van der Waals surface area contributed by atoms with E-state index in [2.05, 4.69) is 48.2 Å². The third kappa shape index (κ3) is 9.15. The highest BCUT2D eigenvalue weighted by atomic mass is 127. The van der Waals surface area contributed by atoms with Crippen LogP contribution in [0.1, 0.15) is 37.6 Å². The molecular weight excluding hydrogens is 439 g/mol. The second-order valence-electron chi connectivity index (χ2n) is 6.92. The predicted octanol–water partition coefficient (Wildman–Crippen LogP) is 3.66. The van der Waals surface area contributed by atoms with Crippen molar-refractivity contribution < 1.29 is 4.74 Å². The van der Waals surface area contributed by atoms with E-state index in [1.807, 2.05) is 30.3 Å². The fourth-order valence-corrected chi connectivity index (χ4v) is 2.21. The van der Waals surface area contributed by atoms with Gasteiger partial charge in [-0.1, -0.05) is 30.3 Å². The van der Waals surface area contributed by atoms with Gasteiger partial charge in [0.15, 0.2) is 5.96 Å². The summed E-state index contributed by atoms with van der Waals surface area (Å²) in [7, 11) is 0. The Morgan fingerprint density at radius 2 is 1.92 bits per heavy atom. The summed E-state index contributed by atoms with van der Waals surface area (Å²) < 4.78 is 5.81. The Hall–Kier alpha value is -1.67. The maximum atomic E-state index is 5.93. The van der Waals surface area contributed by atoms with Crippen LogP contribution in [0.5, 0.6) is 0 Å². The minimum absolute atomic E-state index is 0. The minimum atomic E-state index is -0.143. The van der Waals surface area contributed by atoms with E-state index in [-0.39, 0.29) is 29.6 Å². The number of nitrogens with zero attached hydrogens (tertiary/aromatic N) is 2. The van der Waals surface area contributed by atoms with E-state index < -0.39 is 0 Å². The van der Waals surface area contributed by atoms with E-state index in [1.165, 1.54) is 0 Å². The normalized spacial score (nSPS) is 11.7. The van der Waals surface area contributed by atoms with Crippen molar-refractivity contribution in [3.8, 4) is 0 Å². The Kier molecular flexibility index (Phi) is 9.58. The molecule has 26 heavy (non-hydrogen) atoms. The van der Waals surface area contributed by atoms with E-state index in [4.69, 9.17) is 10.5 Å². The summed E-state index contributed by atoms with van der Waals surface area (Å²) in [5, 5.41) is 3.12. The summed E-state index contributed by atoms with van der Waals surface area (Å²) >= 11 is 0. The number of aliphatic imine (C=N–C) groups is 1. The van der Waals surface area contributed by atoms with Crippen LogP contribution < -0.4 is 11.1 Å². The topological polar surface area (TPSA) is 72.5 Å². The molecule has 2 rings (SSSR count). The van der Waals surface area contributed by atoms with Crippen LogP contribution in [0.25, 0.3) is 0 Å². The number of benzene rings is 1. The third-order valence-corrected chi connectivity index (χ3v) is 3.51. The molecule has 5 nitrogen and oxygen atoms in total. The number of nitrogens with two attached hydrogens (primary N) is 1. The van der Waals surface area contributed by atoms with Crippen LogP contribution in [0.2, 0.25) is 0 Å². The molecule has 142 valence electrons. The zero-order chi connectivity index (χ0) is 18.1. The Morgan fingerprint density at radius 3 is 2.62 bits per heavy atom. The van der Waals surface area contributed by atoms with Crippen LogP contribution in [-0.4, -0.2) is 23.1 Å². The van der Waals surface area contributed by atoms with Crippen molar-refractivity contribution in [1.82, 2.24) is 10.3 Å². The Labute approximate surface area is 173 Å². The van der Waals surface area contributed by atoms with Crippen LogP contribution in [-0.2, 0) is 24.3 Å². The smallest absolute Gasteiger partial charge is 0.188 e. The monoisotopic (exact) mass is 468 g/mol. The summed E-state index contributed by atoms with van der Waals surface area (Å²) in [5.74, 6) is 0.451. The second kappa shape index (κ2) is 11.1. The van der Waals surface area contributed by atoms with Gasteiger partial charge in [0.2, 0.25) is 0 Å². The Balaban J connectivity index is 0.00000338. The fraction of sp³-hybridized carbons (Fsp3) is 0.400. The molecule has 0 amide bonds.